The molecule has 2 fully saturated rings. The Morgan fingerprint density at radius 1 is 1.62 bits per heavy atom. The highest BCUT2D eigenvalue weighted by Gasteiger charge is 2.63. The summed E-state index contributed by atoms with van der Waals surface area (Å²) < 4.78 is -0.536. The van der Waals surface area contributed by atoms with Crippen molar-refractivity contribution in [3.63, 3.8) is 0 Å². The summed E-state index contributed by atoms with van der Waals surface area (Å²) in [7, 11) is 0. The largest absolute Gasteiger partial charge is 0.480 e. The molecule has 2 amide bonds. The van der Waals surface area contributed by atoms with Crippen LogP contribution in [0.2, 0.25) is 0 Å². The summed E-state index contributed by atoms with van der Waals surface area (Å²) in [5.74, 6) is -1.32. The molecule has 7 heteroatoms. The van der Waals surface area contributed by atoms with Crippen molar-refractivity contribution >= 4 is 30.0 Å². The number of rotatable bonds is 3. The number of carboxylic acid groups (broad SMARTS) is 1. The van der Waals surface area contributed by atoms with Crippen molar-refractivity contribution in [2.75, 3.05) is 0 Å². The molecule has 0 aromatic rings. The van der Waals surface area contributed by atoms with Crippen LogP contribution in [-0.4, -0.2) is 50.5 Å². The molecule has 3 atom stereocenters. The predicted octanol–water partition coefficient (Wildman–Crippen LogP) is -0.752. The van der Waals surface area contributed by atoms with Crippen molar-refractivity contribution in [3.05, 3.63) is 0 Å². The first-order valence-corrected chi connectivity index (χ1v) is 5.70. The number of thioether (sulfide) groups is 1. The van der Waals surface area contributed by atoms with Gasteiger partial charge in [0.05, 0.1) is 0 Å². The standard InChI is InChI=1S/C9H12N2O4S/c1-9(2)5(8(14)15)11-6(13)4(10-3-12)7(11)16-9/h3-5,7H,1-2H3,(H,10,12)(H,14,15)/t4-,5+,7-/m1/s1. The fourth-order valence-electron chi connectivity index (χ4n) is 2.24. The second-order valence-electron chi connectivity index (χ2n) is 4.36. The first-order valence-electron chi connectivity index (χ1n) is 4.82. The minimum atomic E-state index is -1.00. The Hall–Kier alpha value is -1.24. The molecule has 2 aliphatic rings. The van der Waals surface area contributed by atoms with Crippen molar-refractivity contribution in [2.24, 2.45) is 0 Å². The van der Waals surface area contributed by atoms with Gasteiger partial charge in [-0.05, 0) is 13.8 Å². The quantitative estimate of drug-likeness (QED) is 0.504. The Kier molecular flexibility index (Phi) is 2.37. The van der Waals surface area contributed by atoms with Gasteiger partial charge in [-0.3, -0.25) is 9.59 Å². The number of carbonyl (C=O) groups excluding carboxylic acids is 2. The van der Waals surface area contributed by atoms with Crippen LogP contribution in [0.25, 0.3) is 0 Å². The van der Waals surface area contributed by atoms with E-state index in [9.17, 15) is 14.4 Å². The van der Waals surface area contributed by atoms with E-state index in [1.54, 1.807) is 13.8 Å². The minimum absolute atomic E-state index is 0.256. The molecule has 0 radical (unpaired) electrons. The van der Waals surface area contributed by atoms with Gasteiger partial charge in [0.2, 0.25) is 12.3 Å². The number of hydrogen-bond donors (Lipinski definition) is 2. The van der Waals surface area contributed by atoms with Crippen molar-refractivity contribution < 1.29 is 19.5 Å². The summed E-state index contributed by atoms with van der Waals surface area (Å²) in [6.07, 6.45) is 0.474. The van der Waals surface area contributed by atoms with E-state index < -0.39 is 22.8 Å². The highest BCUT2D eigenvalue weighted by molar-refractivity contribution is 8.01. The van der Waals surface area contributed by atoms with Gasteiger partial charge in [0.25, 0.3) is 0 Å². The summed E-state index contributed by atoms with van der Waals surface area (Å²) in [5.41, 5.74) is 0. The van der Waals surface area contributed by atoms with Crippen molar-refractivity contribution in [3.8, 4) is 0 Å². The second kappa shape index (κ2) is 3.38. The zero-order valence-electron chi connectivity index (χ0n) is 8.84. The van der Waals surface area contributed by atoms with E-state index in [0.29, 0.717) is 6.41 Å². The number of carbonyl (C=O) groups is 3. The molecule has 0 spiro atoms. The summed E-state index contributed by atoms with van der Waals surface area (Å²) >= 11 is 1.41. The lowest BCUT2D eigenvalue weighted by molar-refractivity contribution is -0.160. The molecule has 0 unspecified atom stereocenters. The Morgan fingerprint density at radius 2 is 2.25 bits per heavy atom. The van der Waals surface area contributed by atoms with Gasteiger partial charge >= 0.3 is 5.97 Å². The van der Waals surface area contributed by atoms with Crippen LogP contribution in [0.15, 0.2) is 0 Å². The molecule has 6 nitrogen and oxygen atoms in total. The van der Waals surface area contributed by atoms with Gasteiger partial charge in [0.1, 0.15) is 17.5 Å². The van der Waals surface area contributed by atoms with Crippen LogP contribution in [0.4, 0.5) is 0 Å². The van der Waals surface area contributed by atoms with Crippen LogP contribution >= 0.6 is 11.8 Å². The molecular weight excluding hydrogens is 232 g/mol. The van der Waals surface area contributed by atoms with Gasteiger partial charge < -0.3 is 15.3 Å². The van der Waals surface area contributed by atoms with Crippen LogP contribution < -0.4 is 5.32 Å². The smallest absolute Gasteiger partial charge is 0.327 e. The average Bonchev–Trinajstić information content (AvgIpc) is 2.43. The Balaban J connectivity index is 2.24. The van der Waals surface area contributed by atoms with Crippen LogP contribution in [0, 0.1) is 0 Å². The molecule has 2 saturated heterocycles. The molecule has 0 saturated carbocycles. The van der Waals surface area contributed by atoms with Crippen molar-refractivity contribution in [1.29, 1.82) is 0 Å². The first kappa shape index (κ1) is 11.3. The third-order valence-electron chi connectivity index (χ3n) is 2.92. The van der Waals surface area contributed by atoms with Crippen molar-refractivity contribution in [1.82, 2.24) is 10.2 Å². The lowest BCUT2D eigenvalue weighted by Gasteiger charge is -2.42. The molecule has 88 valence electrons. The number of β-lactam (4-membered cyclic amide) rings is 1. The first-order chi connectivity index (χ1) is 7.40. The fourth-order valence-corrected chi connectivity index (χ4v) is 3.88. The lowest BCUT2D eigenvalue weighted by atomic mass is 9.96. The Labute approximate surface area is 96.4 Å². The van der Waals surface area contributed by atoms with Crippen molar-refractivity contribution in [2.45, 2.75) is 36.1 Å². The third-order valence-corrected chi connectivity index (χ3v) is 4.49. The van der Waals surface area contributed by atoms with E-state index in [0.717, 1.165) is 0 Å². The summed E-state index contributed by atoms with van der Waals surface area (Å²) in [5, 5.41) is 11.3. The third kappa shape index (κ3) is 1.31. The average molecular weight is 244 g/mol. The normalized spacial score (nSPS) is 35.2. The number of aliphatic carboxylic acids is 1. The topological polar surface area (TPSA) is 86.7 Å². The maximum atomic E-state index is 11.7. The second-order valence-corrected chi connectivity index (χ2v) is 6.13. The number of nitrogens with zero attached hydrogens (tertiary/aromatic N) is 1. The SMILES string of the molecule is CC1(C)S[C@@H]2[C@H](NC=O)C(=O)N2[C@H]1C(=O)O. The van der Waals surface area contributed by atoms with Crippen LogP contribution in [0.3, 0.4) is 0 Å². The number of nitrogens with one attached hydrogen (secondary N) is 1. The Morgan fingerprint density at radius 3 is 2.75 bits per heavy atom. The molecule has 0 aromatic carbocycles. The van der Waals surface area contributed by atoms with Crippen LogP contribution in [-0.2, 0) is 14.4 Å². The molecule has 2 N–H and O–H groups in total. The zero-order valence-corrected chi connectivity index (χ0v) is 9.65. The van der Waals surface area contributed by atoms with Gasteiger partial charge in [-0.2, -0.15) is 0 Å². The van der Waals surface area contributed by atoms with Gasteiger partial charge in [0.15, 0.2) is 0 Å². The van der Waals surface area contributed by atoms with E-state index in [2.05, 4.69) is 5.32 Å². The maximum absolute atomic E-state index is 11.7. The Bertz CT molecular complexity index is 371. The minimum Gasteiger partial charge on any atom is -0.480 e. The van der Waals surface area contributed by atoms with Gasteiger partial charge in [0, 0.05) is 4.75 Å². The highest BCUT2D eigenvalue weighted by atomic mass is 32.2. The predicted molar refractivity (Wildman–Crippen MR) is 56.7 cm³/mol. The van der Waals surface area contributed by atoms with E-state index in [1.807, 2.05) is 0 Å². The molecular formula is C9H12N2O4S. The molecule has 16 heavy (non-hydrogen) atoms. The van der Waals surface area contributed by atoms with Gasteiger partial charge in [-0.15, -0.1) is 11.8 Å². The van der Waals surface area contributed by atoms with Gasteiger partial charge in [-0.1, -0.05) is 0 Å². The van der Waals surface area contributed by atoms with E-state index in [4.69, 9.17) is 5.11 Å². The number of hydrogen-bond acceptors (Lipinski definition) is 4. The molecule has 0 bridgehead atoms. The van der Waals surface area contributed by atoms with Crippen LogP contribution in [0.1, 0.15) is 13.8 Å². The van der Waals surface area contributed by atoms with Crippen LogP contribution in [0.5, 0.6) is 0 Å². The van der Waals surface area contributed by atoms with Gasteiger partial charge in [-0.25, -0.2) is 4.79 Å². The zero-order chi connectivity index (χ0) is 12.1. The highest BCUT2D eigenvalue weighted by Crippen LogP contribution is 2.50. The number of fused-ring (bicyclic) bond motifs is 1. The van der Waals surface area contributed by atoms with E-state index >= 15 is 0 Å². The summed E-state index contributed by atoms with van der Waals surface area (Å²) in [6.45, 7) is 3.58. The molecule has 2 aliphatic heterocycles. The molecule has 2 rings (SSSR count). The number of amides is 2. The number of carboxylic acids is 1. The fraction of sp³-hybridized carbons (Fsp3) is 0.667. The molecule has 0 aliphatic carbocycles. The lowest BCUT2D eigenvalue weighted by Crippen LogP contribution is -2.69. The maximum Gasteiger partial charge on any atom is 0.327 e. The molecule has 2 heterocycles. The summed E-state index contributed by atoms with van der Waals surface area (Å²) in [6, 6.07) is -1.40. The van der Waals surface area contributed by atoms with E-state index in [1.165, 1.54) is 16.7 Å². The summed E-state index contributed by atoms with van der Waals surface area (Å²) in [4.78, 5) is 34.4. The monoisotopic (exact) mass is 244 g/mol. The van der Waals surface area contributed by atoms with E-state index in [-0.39, 0.29) is 11.3 Å². The molecule has 0 aromatic heterocycles.